The van der Waals surface area contributed by atoms with E-state index >= 15 is 0 Å². The van der Waals surface area contributed by atoms with Crippen molar-refractivity contribution in [2.24, 2.45) is 5.73 Å². The second-order valence-corrected chi connectivity index (χ2v) is 5.47. The normalized spacial score (nSPS) is 27.5. The number of carbonyl (C=O) groups excluding carboxylic acids is 2. The van der Waals surface area contributed by atoms with Gasteiger partial charge in [0.1, 0.15) is 23.2 Å². The second-order valence-electron chi connectivity index (χ2n) is 4.37. The highest BCUT2D eigenvalue weighted by Crippen LogP contribution is 2.40. The van der Waals surface area contributed by atoms with Crippen molar-refractivity contribution in [2.45, 2.75) is 31.4 Å². The molecule has 3 N–H and O–H groups in total. The van der Waals surface area contributed by atoms with Gasteiger partial charge < -0.3 is 15.6 Å². The number of carbonyl (C=O) groups is 3. The number of β-lactam (4-membered cyclic amide) rings is 1. The van der Waals surface area contributed by atoms with Gasteiger partial charge in [-0.3, -0.25) is 14.5 Å². The monoisotopic (exact) mass is 286 g/mol. The molecule has 0 aromatic carbocycles. The summed E-state index contributed by atoms with van der Waals surface area (Å²) in [6.07, 6.45) is -0.679. The number of amides is 1. The Bertz CT molecular complexity index is 489. The summed E-state index contributed by atoms with van der Waals surface area (Å²) in [6, 6.07) is -0.662. The second kappa shape index (κ2) is 4.86. The number of thioether (sulfide) groups is 1. The average Bonchev–Trinajstić information content (AvgIpc) is 2.34. The first-order valence-corrected chi connectivity index (χ1v) is 6.73. The molecule has 104 valence electrons. The molecule has 0 saturated carbocycles. The van der Waals surface area contributed by atoms with Crippen LogP contribution in [0, 0.1) is 0 Å². The van der Waals surface area contributed by atoms with E-state index in [1.165, 1.54) is 23.6 Å². The number of nitrogens with zero attached hydrogens (tertiary/aromatic N) is 1. The van der Waals surface area contributed by atoms with Crippen LogP contribution in [0.5, 0.6) is 0 Å². The minimum Gasteiger partial charge on any atom is -0.477 e. The summed E-state index contributed by atoms with van der Waals surface area (Å²) >= 11 is 1.38. The van der Waals surface area contributed by atoms with Gasteiger partial charge in [0, 0.05) is 18.2 Å². The molecule has 2 aliphatic heterocycles. The lowest BCUT2D eigenvalue weighted by molar-refractivity contribution is -0.148. The molecular formula is C11H14N2O5S. The molecule has 1 amide bonds. The Morgan fingerprint density at radius 3 is 2.74 bits per heavy atom. The number of carboxylic acids is 1. The highest BCUT2D eigenvalue weighted by Gasteiger charge is 2.52. The highest BCUT2D eigenvalue weighted by molar-refractivity contribution is 8.00. The first kappa shape index (κ1) is 13.9. The standard InChI is InChI=1S/C11H14N2O5S/c1-4(18-5(2)14)6-3-19-10-7(12)9(15)13(10)8(6)11(16)17/h4,7,10H,3,12H2,1-2H3,(H,16,17)/t4?,7-,10+/m1/s1. The molecular weight excluding hydrogens is 272 g/mol. The maximum atomic E-state index is 11.7. The number of hydrogen-bond acceptors (Lipinski definition) is 6. The Morgan fingerprint density at radius 1 is 1.58 bits per heavy atom. The van der Waals surface area contributed by atoms with Crippen LogP contribution in [0.2, 0.25) is 0 Å². The zero-order valence-electron chi connectivity index (χ0n) is 10.5. The Hall–Kier alpha value is -1.54. The molecule has 2 heterocycles. The van der Waals surface area contributed by atoms with Gasteiger partial charge >= 0.3 is 11.9 Å². The molecule has 1 saturated heterocycles. The fraction of sp³-hybridized carbons (Fsp3) is 0.545. The summed E-state index contributed by atoms with van der Waals surface area (Å²) in [6.45, 7) is 2.84. The Morgan fingerprint density at radius 2 is 2.21 bits per heavy atom. The molecule has 2 aliphatic rings. The van der Waals surface area contributed by atoms with E-state index in [1.54, 1.807) is 6.92 Å². The van der Waals surface area contributed by atoms with Crippen LogP contribution in [-0.4, -0.2) is 51.1 Å². The van der Waals surface area contributed by atoms with Crippen molar-refractivity contribution < 1.29 is 24.2 Å². The molecule has 0 spiro atoms. The highest BCUT2D eigenvalue weighted by atomic mass is 32.2. The largest absolute Gasteiger partial charge is 0.477 e. The summed E-state index contributed by atoms with van der Waals surface area (Å²) in [5.74, 6) is -1.75. The van der Waals surface area contributed by atoms with Gasteiger partial charge in [-0.25, -0.2) is 4.79 Å². The molecule has 0 aromatic rings. The van der Waals surface area contributed by atoms with Crippen molar-refractivity contribution in [3.05, 3.63) is 11.3 Å². The van der Waals surface area contributed by atoms with Crippen molar-refractivity contribution >= 4 is 29.6 Å². The van der Waals surface area contributed by atoms with Crippen LogP contribution < -0.4 is 5.73 Å². The lowest BCUT2D eigenvalue weighted by Gasteiger charge is -2.48. The number of esters is 1. The fourth-order valence-corrected chi connectivity index (χ4v) is 3.57. The summed E-state index contributed by atoms with van der Waals surface area (Å²) < 4.78 is 5.00. The number of ether oxygens (including phenoxy) is 1. The van der Waals surface area contributed by atoms with Gasteiger partial charge in [0.15, 0.2) is 0 Å². The molecule has 3 atom stereocenters. The summed E-state index contributed by atoms with van der Waals surface area (Å²) in [4.78, 5) is 35.2. The molecule has 2 rings (SSSR count). The lowest BCUT2D eigenvalue weighted by Crippen LogP contribution is -2.68. The number of aliphatic carboxylic acids is 1. The zero-order chi connectivity index (χ0) is 14.3. The predicted molar refractivity (Wildman–Crippen MR) is 67.0 cm³/mol. The van der Waals surface area contributed by atoms with Crippen LogP contribution in [-0.2, 0) is 19.1 Å². The smallest absolute Gasteiger partial charge is 0.352 e. The quantitative estimate of drug-likeness (QED) is 0.532. The minimum atomic E-state index is -1.21. The number of nitrogens with two attached hydrogens (primary N) is 1. The molecule has 8 heteroatoms. The van der Waals surface area contributed by atoms with Crippen molar-refractivity contribution in [1.82, 2.24) is 4.90 Å². The van der Waals surface area contributed by atoms with Crippen LogP contribution in [0.15, 0.2) is 11.3 Å². The number of carboxylic acid groups (broad SMARTS) is 1. The molecule has 7 nitrogen and oxygen atoms in total. The summed E-state index contributed by atoms with van der Waals surface area (Å²) in [5.41, 5.74) is 5.94. The molecule has 0 aromatic heterocycles. The van der Waals surface area contributed by atoms with Gasteiger partial charge in [0.2, 0.25) is 5.91 Å². The maximum Gasteiger partial charge on any atom is 0.352 e. The molecule has 0 aliphatic carbocycles. The van der Waals surface area contributed by atoms with Crippen LogP contribution in [0.4, 0.5) is 0 Å². The topological polar surface area (TPSA) is 110 Å². The molecule has 1 fully saturated rings. The third-order valence-corrected chi connectivity index (χ3v) is 4.40. The van der Waals surface area contributed by atoms with Crippen LogP contribution in [0.3, 0.4) is 0 Å². The van der Waals surface area contributed by atoms with E-state index in [9.17, 15) is 19.5 Å². The van der Waals surface area contributed by atoms with Gasteiger partial charge in [-0.15, -0.1) is 11.8 Å². The van der Waals surface area contributed by atoms with Crippen molar-refractivity contribution in [1.29, 1.82) is 0 Å². The van der Waals surface area contributed by atoms with E-state index in [0.29, 0.717) is 11.3 Å². The molecule has 0 bridgehead atoms. The van der Waals surface area contributed by atoms with E-state index in [1.807, 2.05) is 0 Å². The van der Waals surface area contributed by atoms with Gasteiger partial charge in [-0.2, -0.15) is 0 Å². The van der Waals surface area contributed by atoms with E-state index in [4.69, 9.17) is 10.5 Å². The average molecular weight is 286 g/mol. The predicted octanol–water partition coefficient (Wildman–Crippen LogP) is -0.481. The minimum absolute atomic E-state index is 0.107. The number of fused-ring (bicyclic) bond motifs is 1. The molecule has 1 unspecified atom stereocenters. The van der Waals surface area contributed by atoms with E-state index in [0.717, 1.165) is 0 Å². The van der Waals surface area contributed by atoms with Crippen molar-refractivity contribution in [2.75, 3.05) is 5.75 Å². The van der Waals surface area contributed by atoms with E-state index < -0.39 is 30.0 Å². The summed E-state index contributed by atoms with van der Waals surface area (Å²) in [7, 11) is 0. The number of rotatable bonds is 3. The third-order valence-electron chi connectivity index (χ3n) is 3.07. The molecule has 19 heavy (non-hydrogen) atoms. The SMILES string of the molecule is CC(=O)OC(C)C1=C(C(=O)O)N2C(=O)[C@@H](N)[C@@H]2SC1. The van der Waals surface area contributed by atoms with Crippen LogP contribution >= 0.6 is 11.8 Å². The Labute approximate surface area is 113 Å². The Balaban J connectivity index is 2.35. The third kappa shape index (κ3) is 2.21. The first-order chi connectivity index (χ1) is 8.84. The van der Waals surface area contributed by atoms with Crippen molar-refractivity contribution in [3.63, 3.8) is 0 Å². The van der Waals surface area contributed by atoms with E-state index in [-0.39, 0.29) is 11.1 Å². The van der Waals surface area contributed by atoms with Crippen LogP contribution in [0.1, 0.15) is 13.8 Å². The van der Waals surface area contributed by atoms with Crippen molar-refractivity contribution in [3.8, 4) is 0 Å². The van der Waals surface area contributed by atoms with Gasteiger partial charge in [-0.1, -0.05) is 0 Å². The van der Waals surface area contributed by atoms with Crippen LogP contribution in [0.25, 0.3) is 0 Å². The zero-order valence-corrected chi connectivity index (χ0v) is 11.3. The van der Waals surface area contributed by atoms with E-state index in [2.05, 4.69) is 0 Å². The summed E-state index contributed by atoms with van der Waals surface area (Å²) in [5, 5.41) is 8.93. The van der Waals surface area contributed by atoms with Gasteiger partial charge in [0.25, 0.3) is 0 Å². The Kier molecular flexibility index (Phi) is 3.55. The maximum absolute atomic E-state index is 11.7. The molecule has 0 radical (unpaired) electrons. The number of hydrogen-bond donors (Lipinski definition) is 2. The lowest BCUT2D eigenvalue weighted by atomic mass is 10.0. The fourth-order valence-electron chi connectivity index (χ4n) is 2.17. The van der Waals surface area contributed by atoms with Gasteiger partial charge in [0.05, 0.1) is 0 Å². The first-order valence-electron chi connectivity index (χ1n) is 5.68. The van der Waals surface area contributed by atoms with Gasteiger partial charge in [-0.05, 0) is 6.92 Å².